The number of nitrogens with one attached hydrogen (secondary N) is 1. The number of pyridine rings is 1. The van der Waals surface area contributed by atoms with E-state index in [1.807, 2.05) is 50.3 Å². The number of allylic oxidation sites excluding steroid dienone is 1. The summed E-state index contributed by atoms with van der Waals surface area (Å²) in [6, 6.07) is 11.0. The van der Waals surface area contributed by atoms with E-state index in [-0.39, 0.29) is 31.6 Å². The summed E-state index contributed by atoms with van der Waals surface area (Å²) >= 11 is 5.95. The Bertz CT molecular complexity index is 1490. The van der Waals surface area contributed by atoms with Crippen molar-refractivity contribution in [2.45, 2.75) is 45.9 Å². The van der Waals surface area contributed by atoms with Crippen molar-refractivity contribution in [2.24, 2.45) is 0 Å². The predicted octanol–water partition coefficient (Wildman–Crippen LogP) is 3.38. The molecule has 0 fully saturated rings. The fourth-order valence-electron chi connectivity index (χ4n) is 3.84. The van der Waals surface area contributed by atoms with Crippen LogP contribution in [-0.2, 0) is 17.9 Å². The molecule has 4 rings (SSSR count). The fourth-order valence-corrected chi connectivity index (χ4v) is 4.00. The average Bonchev–Trinajstić information content (AvgIpc) is 2.84. The van der Waals surface area contributed by atoms with E-state index in [1.165, 1.54) is 4.57 Å². The number of carboxylic acid groups (broad SMARTS) is 1. The number of anilines is 1. The number of rotatable bonds is 9. The van der Waals surface area contributed by atoms with Crippen LogP contribution in [0.4, 0.5) is 5.95 Å². The summed E-state index contributed by atoms with van der Waals surface area (Å²) in [5.74, 6) is -0.448. The molecule has 37 heavy (non-hydrogen) atoms. The molecule has 2 aromatic heterocycles. The molecule has 2 heterocycles. The minimum Gasteiger partial charge on any atom is -0.486 e. The first kappa shape index (κ1) is 25.9. The van der Waals surface area contributed by atoms with Crippen LogP contribution in [0.25, 0.3) is 0 Å². The lowest BCUT2D eigenvalue weighted by atomic mass is 10.0. The third-order valence-electron chi connectivity index (χ3n) is 5.84. The van der Waals surface area contributed by atoms with Gasteiger partial charge in [0.2, 0.25) is 5.95 Å². The number of hydrogen-bond acceptors (Lipinski definition) is 7. The molecular formula is C26H26ClN5O5. The Balaban J connectivity index is 1.61. The Labute approximate surface area is 217 Å². The maximum Gasteiger partial charge on any atom is 0.354 e. The van der Waals surface area contributed by atoms with E-state index < -0.39 is 17.3 Å². The molecule has 1 atom stereocenters. The molecule has 0 spiro atoms. The van der Waals surface area contributed by atoms with Gasteiger partial charge >= 0.3 is 17.3 Å². The molecule has 3 aromatic rings. The number of carboxylic acids is 1. The molecule has 10 nitrogen and oxygen atoms in total. The highest BCUT2D eigenvalue weighted by molar-refractivity contribution is 6.29. The van der Waals surface area contributed by atoms with E-state index in [0.717, 1.165) is 21.3 Å². The molecule has 1 unspecified atom stereocenters. The minimum absolute atomic E-state index is 0.0673. The van der Waals surface area contributed by atoms with Gasteiger partial charge in [-0.3, -0.25) is 9.36 Å². The molecule has 0 saturated heterocycles. The topological polar surface area (TPSA) is 128 Å². The highest BCUT2D eigenvalue weighted by Gasteiger charge is 2.20. The van der Waals surface area contributed by atoms with Gasteiger partial charge in [-0.05, 0) is 37.1 Å². The Morgan fingerprint density at radius 2 is 1.95 bits per heavy atom. The van der Waals surface area contributed by atoms with E-state index in [2.05, 4.69) is 15.3 Å². The van der Waals surface area contributed by atoms with Crippen molar-refractivity contribution >= 4 is 23.5 Å². The molecule has 1 aromatic carbocycles. The molecule has 1 aliphatic carbocycles. The number of nitrogens with zero attached hydrogens (tertiary/aromatic N) is 4. The zero-order valence-corrected chi connectivity index (χ0v) is 21.1. The van der Waals surface area contributed by atoms with E-state index >= 15 is 0 Å². The van der Waals surface area contributed by atoms with Gasteiger partial charge in [0.15, 0.2) is 0 Å². The second kappa shape index (κ2) is 11.3. The molecule has 192 valence electrons. The summed E-state index contributed by atoms with van der Waals surface area (Å²) in [7, 11) is 0. The monoisotopic (exact) mass is 523 g/mol. The Hall–Kier alpha value is -4.18. The largest absolute Gasteiger partial charge is 0.486 e. The minimum atomic E-state index is -1.11. The van der Waals surface area contributed by atoms with Crippen LogP contribution in [0.5, 0.6) is 5.75 Å². The molecule has 2 N–H and O–H groups in total. The number of aryl methyl sites for hydroxylation is 1. The molecular weight excluding hydrogens is 498 g/mol. The molecule has 0 aliphatic heterocycles. The molecule has 0 saturated carbocycles. The Morgan fingerprint density at radius 3 is 2.62 bits per heavy atom. The van der Waals surface area contributed by atoms with Gasteiger partial charge in [0, 0.05) is 30.9 Å². The lowest BCUT2D eigenvalue weighted by Crippen LogP contribution is -2.43. The summed E-state index contributed by atoms with van der Waals surface area (Å²) in [6.07, 6.45) is 5.25. The quantitative estimate of drug-likeness (QED) is 0.408. The predicted molar refractivity (Wildman–Crippen MR) is 139 cm³/mol. The lowest BCUT2D eigenvalue weighted by molar-refractivity contribution is -0.137. The van der Waals surface area contributed by atoms with Crippen molar-refractivity contribution in [3.8, 4) is 5.75 Å². The molecule has 0 bridgehead atoms. The van der Waals surface area contributed by atoms with Gasteiger partial charge in [-0.15, -0.1) is 0 Å². The maximum atomic E-state index is 13.3. The summed E-state index contributed by atoms with van der Waals surface area (Å²) in [5, 5.41) is 12.5. The van der Waals surface area contributed by atoms with Crippen molar-refractivity contribution in [3.05, 3.63) is 103 Å². The van der Waals surface area contributed by atoms with Crippen LogP contribution in [-0.4, -0.2) is 36.3 Å². The number of aliphatic carboxylic acids is 1. The number of ether oxygens (including phenoxy) is 1. The van der Waals surface area contributed by atoms with Crippen LogP contribution in [0.2, 0.25) is 5.15 Å². The normalized spacial score (nSPS) is 15.1. The van der Waals surface area contributed by atoms with Gasteiger partial charge in [0.05, 0.1) is 13.0 Å². The number of benzene rings is 1. The van der Waals surface area contributed by atoms with Crippen LogP contribution >= 0.6 is 11.6 Å². The van der Waals surface area contributed by atoms with Gasteiger partial charge in [-0.1, -0.05) is 47.5 Å². The van der Waals surface area contributed by atoms with Crippen LogP contribution in [0.1, 0.15) is 30.9 Å². The molecule has 0 radical (unpaired) electrons. The van der Waals surface area contributed by atoms with Gasteiger partial charge in [-0.2, -0.15) is 4.98 Å². The summed E-state index contributed by atoms with van der Waals surface area (Å²) in [4.78, 5) is 45.0. The number of halogens is 1. The van der Waals surface area contributed by atoms with Crippen molar-refractivity contribution in [1.82, 2.24) is 19.1 Å². The smallest absolute Gasteiger partial charge is 0.354 e. The highest BCUT2D eigenvalue weighted by Crippen LogP contribution is 2.25. The van der Waals surface area contributed by atoms with Crippen molar-refractivity contribution in [2.75, 3.05) is 5.32 Å². The first-order valence-electron chi connectivity index (χ1n) is 11.6. The van der Waals surface area contributed by atoms with E-state index in [9.17, 15) is 14.4 Å². The Kier molecular flexibility index (Phi) is 7.88. The number of carbonyl (C=O) groups is 1. The van der Waals surface area contributed by atoms with E-state index in [0.29, 0.717) is 23.0 Å². The molecule has 11 heteroatoms. The van der Waals surface area contributed by atoms with Crippen molar-refractivity contribution in [3.63, 3.8) is 0 Å². The molecule has 1 aliphatic rings. The Morgan fingerprint density at radius 1 is 1.19 bits per heavy atom. The van der Waals surface area contributed by atoms with Crippen LogP contribution < -0.4 is 21.4 Å². The lowest BCUT2D eigenvalue weighted by Gasteiger charge is -2.24. The van der Waals surface area contributed by atoms with Crippen LogP contribution in [0, 0.1) is 6.92 Å². The fraction of sp³-hybridized carbons (Fsp3) is 0.269. The SMILES string of the molecule is CC1=CC(Nc2nc(=O)n(CCC(=O)O)c(=O)n2Cc2ccc(C)cc2)=CCC1Oc1ccnc(Cl)c1. The maximum absolute atomic E-state index is 13.3. The van der Waals surface area contributed by atoms with Gasteiger partial charge in [0.25, 0.3) is 0 Å². The second-order valence-electron chi connectivity index (χ2n) is 8.70. The van der Waals surface area contributed by atoms with Gasteiger partial charge < -0.3 is 15.2 Å². The highest BCUT2D eigenvalue weighted by atomic mass is 35.5. The number of hydrogen-bond donors (Lipinski definition) is 2. The number of aromatic nitrogens is 4. The van der Waals surface area contributed by atoms with Crippen LogP contribution in [0.3, 0.4) is 0 Å². The first-order chi connectivity index (χ1) is 17.7. The third-order valence-corrected chi connectivity index (χ3v) is 6.04. The van der Waals surface area contributed by atoms with Gasteiger partial charge in [0.1, 0.15) is 17.0 Å². The second-order valence-corrected chi connectivity index (χ2v) is 9.08. The standard InChI is InChI=1S/C26H26ClN5O5/c1-16-3-5-18(6-4-16)15-32-24(30-25(35)31(26(32)36)12-10-23(33)34)29-19-7-8-21(17(2)13-19)37-20-9-11-28-22(27)14-20/h3-7,9,11,13-14,21H,8,10,12,15H2,1-2H3,(H,33,34)(H,29,30,35). The average molecular weight is 524 g/mol. The van der Waals surface area contributed by atoms with E-state index in [1.54, 1.807) is 18.3 Å². The zero-order chi connectivity index (χ0) is 26.5. The summed E-state index contributed by atoms with van der Waals surface area (Å²) in [5.41, 5.74) is 2.00. The van der Waals surface area contributed by atoms with Crippen molar-refractivity contribution < 1.29 is 14.6 Å². The van der Waals surface area contributed by atoms with E-state index in [4.69, 9.17) is 21.4 Å². The van der Waals surface area contributed by atoms with Gasteiger partial charge in [-0.25, -0.2) is 19.1 Å². The first-order valence-corrected chi connectivity index (χ1v) is 12.0. The molecule has 0 amide bonds. The third kappa shape index (κ3) is 6.53. The zero-order valence-electron chi connectivity index (χ0n) is 20.3. The summed E-state index contributed by atoms with van der Waals surface area (Å²) < 4.78 is 8.20. The van der Waals surface area contributed by atoms with Crippen LogP contribution in [0.15, 0.2) is 75.6 Å². The summed E-state index contributed by atoms with van der Waals surface area (Å²) in [6.45, 7) is 3.75. The van der Waals surface area contributed by atoms with Crippen molar-refractivity contribution in [1.29, 1.82) is 0 Å².